The molecule has 2 unspecified atom stereocenters. The fraction of sp³-hybridized carbons (Fsp3) is 0.462. The largest absolute Gasteiger partial charge is 0.394 e. The Kier molecular flexibility index (Phi) is 4.27. The zero-order valence-corrected chi connectivity index (χ0v) is 11.2. The molecule has 2 rings (SSSR count). The lowest BCUT2D eigenvalue weighted by Crippen LogP contribution is -2.52. The molecule has 1 saturated heterocycles. The Morgan fingerprint density at radius 1 is 1.56 bits per heavy atom. The minimum Gasteiger partial charge on any atom is -0.394 e. The molecule has 0 bridgehead atoms. The standard InChI is InChI=1S/C13H18N2O2S/c1-13(8-16,10-5-3-2-4-6-10)15-12(17)11-7-18-9-14-11/h2-6,11,14,16H,7-9H2,1H3,(H,15,17). The summed E-state index contributed by atoms with van der Waals surface area (Å²) in [5.41, 5.74) is 0.180. The van der Waals surface area contributed by atoms with Crippen LogP contribution in [0.5, 0.6) is 0 Å². The van der Waals surface area contributed by atoms with Crippen LogP contribution >= 0.6 is 11.8 Å². The highest BCUT2D eigenvalue weighted by molar-refractivity contribution is 7.99. The van der Waals surface area contributed by atoms with E-state index in [1.54, 1.807) is 11.8 Å². The Labute approximate surface area is 111 Å². The Hall–Kier alpha value is -1.04. The van der Waals surface area contributed by atoms with Crippen molar-refractivity contribution in [2.75, 3.05) is 18.2 Å². The average molecular weight is 266 g/mol. The molecule has 0 radical (unpaired) electrons. The van der Waals surface area contributed by atoms with Crippen LogP contribution in [0.4, 0.5) is 0 Å². The van der Waals surface area contributed by atoms with E-state index in [9.17, 15) is 9.90 Å². The third kappa shape index (κ3) is 2.85. The van der Waals surface area contributed by atoms with E-state index in [2.05, 4.69) is 10.6 Å². The highest BCUT2D eigenvalue weighted by Crippen LogP contribution is 2.20. The van der Waals surface area contributed by atoms with Crippen molar-refractivity contribution in [1.29, 1.82) is 0 Å². The summed E-state index contributed by atoms with van der Waals surface area (Å²) in [5.74, 6) is 1.53. The van der Waals surface area contributed by atoms with Crippen LogP contribution in [0, 0.1) is 0 Å². The number of amides is 1. The third-order valence-electron chi connectivity index (χ3n) is 3.16. The number of rotatable bonds is 4. The molecule has 1 heterocycles. The predicted octanol–water partition coefficient (Wildman–Crippen LogP) is 0.673. The SMILES string of the molecule is CC(CO)(NC(=O)C1CSCN1)c1ccccc1. The normalized spacial score (nSPS) is 22.4. The molecule has 0 aromatic heterocycles. The molecule has 2 atom stereocenters. The monoisotopic (exact) mass is 266 g/mol. The summed E-state index contributed by atoms with van der Waals surface area (Å²) in [6, 6.07) is 9.38. The smallest absolute Gasteiger partial charge is 0.238 e. The Morgan fingerprint density at radius 2 is 2.28 bits per heavy atom. The van der Waals surface area contributed by atoms with Crippen LogP contribution in [0.2, 0.25) is 0 Å². The van der Waals surface area contributed by atoms with E-state index in [-0.39, 0.29) is 18.6 Å². The number of aliphatic hydroxyl groups excluding tert-OH is 1. The number of aliphatic hydroxyl groups is 1. The molecule has 1 fully saturated rings. The number of nitrogens with one attached hydrogen (secondary N) is 2. The first-order valence-corrected chi connectivity index (χ1v) is 7.11. The summed E-state index contributed by atoms with van der Waals surface area (Å²) >= 11 is 1.71. The van der Waals surface area contributed by atoms with Crippen LogP contribution in [0.25, 0.3) is 0 Å². The molecule has 18 heavy (non-hydrogen) atoms. The summed E-state index contributed by atoms with van der Waals surface area (Å²) in [5, 5.41) is 15.7. The van der Waals surface area contributed by atoms with Gasteiger partial charge in [0.2, 0.25) is 5.91 Å². The summed E-state index contributed by atoms with van der Waals surface area (Å²) in [7, 11) is 0. The van der Waals surface area contributed by atoms with Gasteiger partial charge >= 0.3 is 0 Å². The summed E-state index contributed by atoms with van der Waals surface area (Å²) in [6.07, 6.45) is 0. The van der Waals surface area contributed by atoms with Crippen molar-refractivity contribution >= 4 is 17.7 Å². The fourth-order valence-corrected chi connectivity index (χ4v) is 2.87. The maximum absolute atomic E-state index is 12.1. The van der Waals surface area contributed by atoms with Gasteiger partial charge in [-0.2, -0.15) is 0 Å². The first-order chi connectivity index (χ1) is 8.65. The van der Waals surface area contributed by atoms with Crippen molar-refractivity contribution in [2.45, 2.75) is 18.5 Å². The second-order valence-electron chi connectivity index (χ2n) is 4.62. The molecule has 0 saturated carbocycles. The molecule has 1 aliphatic heterocycles. The Morgan fingerprint density at radius 3 is 2.83 bits per heavy atom. The molecule has 0 spiro atoms. The van der Waals surface area contributed by atoms with Crippen molar-refractivity contribution in [3.63, 3.8) is 0 Å². The number of carbonyl (C=O) groups is 1. The molecule has 0 aliphatic carbocycles. The van der Waals surface area contributed by atoms with Crippen LogP contribution in [-0.4, -0.2) is 35.3 Å². The molecule has 1 aromatic carbocycles. The van der Waals surface area contributed by atoms with Crippen LogP contribution in [0.3, 0.4) is 0 Å². The van der Waals surface area contributed by atoms with Gasteiger partial charge in [-0.25, -0.2) is 0 Å². The lowest BCUT2D eigenvalue weighted by atomic mass is 9.92. The molecule has 3 N–H and O–H groups in total. The number of carbonyl (C=O) groups excluding carboxylic acids is 1. The van der Waals surface area contributed by atoms with Gasteiger partial charge in [0.25, 0.3) is 0 Å². The van der Waals surface area contributed by atoms with Crippen LogP contribution in [0.1, 0.15) is 12.5 Å². The van der Waals surface area contributed by atoms with Crippen molar-refractivity contribution in [1.82, 2.24) is 10.6 Å². The minimum absolute atomic E-state index is 0.0552. The molecule has 1 aromatic rings. The molecule has 98 valence electrons. The quantitative estimate of drug-likeness (QED) is 0.750. The van der Waals surface area contributed by atoms with Crippen molar-refractivity contribution in [3.05, 3.63) is 35.9 Å². The first kappa shape index (κ1) is 13.4. The van der Waals surface area contributed by atoms with Gasteiger partial charge in [-0.1, -0.05) is 30.3 Å². The summed E-state index contributed by atoms with van der Waals surface area (Å²) < 4.78 is 0. The van der Waals surface area contributed by atoms with E-state index in [0.29, 0.717) is 0 Å². The molecule has 5 heteroatoms. The second kappa shape index (κ2) is 5.73. The lowest BCUT2D eigenvalue weighted by molar-refractivity contribution is -0.124. The topological polar surface area (TPSA) is 61.4 Å². The van der Waals surface area contributed by atoms with Crippen LogP contribution < -0.4 is 10.6 Å². The Bertz CT molecular complexity index is 407. The molecule has 4 nitrogen and oxygen atoms in total. The summed E-state index contributed by atoms with van der Waals surface area (Å²) in [4.78, 5) is 12.1. The van der Waals surface area contributed by atoms with Gasteiger partial charge in [-0.3, -0.25) is 10.1 Å². The van der Waals surface area contributed by atoms with Gasteiger partial charge in [0.15, 0.2) is 0 Å². The molecule has 1 aliphatic rings. The number of benzene rings is 1. The second-order valence-corrected chi connectivity index (χ2v) is 5.65. The van der Waals surface area contributed by atoms with Crippen LogP contribution in [0.15, 0.2) is 30.3 Å². The van der Waals surface area contributed by atoms with E-state index in [0.717, 1.165) is 17.2 Å². The van der Waals surface area contributed by atoms with Crippen molar-refractivity contribution in [3.8, 4) is 0 Å². The zero-order valence-electron chi connectivity index (χ0n) is 10.3. The third-order valence-corrected chi connectivity index (χ3v) is 4.10. The lowest BCUT2D eigenvalue weighted by Gasteiger charge is -2.30. The number of hydrogen-bond acceptors (Lipinski definition) is 4. The Balaban J connectivity index is 2.10. The van der Waals surface area contributed by atoms with Gasteiger partial charge in [-0.05, 0) is 12.5 Å². The van der Waals surface area contributed by atoms with E-state index in [4.69, 9.17) is 0 Å². The van der Waals surface area contributed by atoms with Crippen LogP contribution in [-0.2, 0) is 10.3 Å². The van der Waals surface area contributed by atoms with E-state index in [1.165, 1.54) is 0 Å². The van der Waals surface area contributed by atoms with Gasteiger partial charge in [0.1, 0.15) is 0 Å². The number of hydrogen-bond donors (Lipinski definition) is 3. The van der Waals surface area contributed by atoms with Crippen molar-refractivity contribution < 1.29 is 9.90 Å². The van der Waals surface area contributed by atoms with Gasteiger partial charge < -0.3 is 10.4 Å². The predicted molar refractivity (Wildman–Crippen MR) is 73.3 cm³/mol. The van der Waals surface area contributed by atoms with E-state index in [1.807, 2.05) is 37.3 Å². The number of thioether (sulfide) groups is 1. The van der Waals surface area contributed by atoms with E-state index >= 15 is 0 Å². The van der Waals surface area contributed by atoms with Gasteiger partial charge in [-0.15, -0.1) is 11.8 Å². The van der Waals surface area contributed by atoms with Gasteiger partial charge in [0.05, 0.1) is 18.2 Å². The fourth-order valence-electron chi connectivity index (χ4n) is 1.93. The highest BCUT2D eigenvalue weighted by atomic mass is 32.2. The molecular weight excluding hydrogens is 248 g/mol. The molecule has 1 amide bonds. The first-order valence-electron chi connectivity index (χ1n) is 5.95. The van der Waals surface area contributed by atoms with Crippen molar-refractivity contribution in [2.24, 2.45) is 0 Å². The highest BCUT2D eigenvalue weighted by Gasteiger charge is 2.31. The maximum atomic E-state index is 12.1. The average Bonchev–Trinajstić information content (AvgIpc) is 2.93. The molecular formula is C13H18N2O2S. The maximum Gasteiger partial charge on any atom is 0.238 e. The minimum atomic E-state index is -0.729. The van der Waals surface area contributed by atoms with E-state index < -0.39 is 5.54 Å². The zero-order chi connectivity index (χ0) is 13.0. The summed E-state index contributed by atoms with van der Waals surface area (Å²) in [6.45, 7) is 1.71. The van der Waals surface area contributed by atoms with Gasteiger partial charge in [0, 0.05) is 11.6 Å².